The minimum absolute atomic E-state index is 0.668. The van der Waals surface area contributed by atoms with E-state index in [1.807, 2.05) is 6.20 Å². The predicted molar refractivity (Wildman–Crippen MR) is 62.4 cm³/mol. The van der Waals surface area contributed by atoms with Crippen LogP contribution in [-0.4, -0.2) is 23.5 Å². The summed E-state index contributed by atoms with van der Waals surface area (Å²) in [5.74, 6) is 0. The minimum Gasteiger partial charge on any atom is -0.375 e. The van der Waals surface area contributed by atoms with E-state index in [-0.39, 0.29) is 0 Å². The monoisotopic (exact) mass is 213 g/mol. The molecule has 0 saturated carbocycles. The second-order valence-corrected chi connectivity index (χ2v) is 4.76. The molecule has 0 amide bonds. The van der Waals surface area contributed by atoms with Gasteiger partial charge in [-0.25, -0.2) is 4.98 Å². The van der Waals surface area contributed by atoms with Crippen molar-refractivity contribution in [3.63, 3.8) is 0 Å². The van der Waals surface area contributed by atoms with Gasteiger partial charge in [-0.15, -0.1) is 11.3 Å². The Hall–Kier alpha value is -0.610. The quantitative estimate of drug-likeness (QED) is 0.738. The number of hydrogen-bond donors (Lipinski definition) is 1. The molecule has 14 heavy (non-hydrogen) atoms. The molecule has 0 bridgehead atoms. The summed E-state index contributed by atoms with van der Waals surface area (Å²) >= 11 is 1.58. The van der Waals surface area contributed by atoms with Gasteiger partial charge in [0.15, 0.2) is 5.13 Å². The molecule has 80 valence electrons. The first-order valence-corrected chi connectivity index (χ1v) is 5.92. The Balaban J connectivity index is 2.23. The Labute approximate surface area is 89.9 Å². The van der Waals surface area contributed by atoms with Crippen LogP contribution in [0.1, 0.15) is 31.1 Å². The Morgan fingerprint density at radius 2 is 2.29 bits per heavy atom. The molecule has 0 unspecified atom stereocenters. The highest BCUT2D eigenvalue weighted by atomic mass is 32.1. The topological polar surface area (TPSA) is 42.2 Å². The molecule has 1 aromatic heterocycles. The molecule has 0 aromatic carbocycles. The second-order valence-electron chi connectivity index (χ2n) is 3.61. The number of aromatic nitrogens is 1. The van der Waals surface area contributed by atoms with E-state index < -0.39 is 0 Å². The van der Waals surface area contributed by atoms with Gasteiger partial charge < -0.3 is 10.6 Å². The van der Waals surface area contributed by atoms with Crippen LogP contribution in [0.4, 0.5) is 5.13 Å². The fourth-order valence-electron chi connectivity index (χ4n) is 1.37. The lowest BCUT2D eigenvalue weighted by atomic mass is 10.2. The van der Waals surface area contributed by atoms with Gasteiger partial charge in [-0.2, -0.15) is 0 Å². The fraction of sp³-hybridized carbons (Fsp3) is 0.700. The van der Waals surface area contributed by atoms with Crippen molar-refractivity contribution in [3.05, 3.63) is 11.1 Å². The van der Waals surface area contributed by atoms with Gasteiger partial charge >= 0.3 is 0 Å². The summed E-state index contributed by atoms with van der Waals surface area (Å²) in [6, 6.07) is 0. The fourth-order valence-corrected chi connectivity index (χ4v) is 2.14. The van der Waals surface area contributed by atoms with Gasteiger partial charge in [0.25, 0.3) is 0 Å². The van der Waals surface area contributed by atoms with Crippen LogP contribution in [0.5, 0.6) is 0 Å². The number of unbranched alkanes of at least 4 members (excludes halogenated alkanes) is 2. The van der Waals surface area contributed by atoms with Crippen molar-refractivity contribution in [1.29, 1.82) is 0 Å². The third-order valence-electron chi connectivity index (χ3n) is 2.14. The summed E-state index contributed by atoms with van der Waals surface area (Å²) in [5.41, 5.74) is 5.56. The van der Waals surface area contributed by atoms with Gasteiger partial charge in [-0.1, -0.05) is 19.8 Å². The molecule has 0 fully saturated rings. The van der Waals surface area contributed by atoms with Crippen LogP contribution in [0, 0.1) is 0 Å². The molecule has 2 N–H and O–H groups in total. The SMILES string of the molecule is CCCCCN(C)Cc1cnc(N)s1. The van der Waals surface area contributed by atoms with Crippen LogP contribution < -0.4 is 5.73 Å². The lowest BCUT2D eigenvalue weighted by Gasteiger charge is -2.14. The molecule has 1 aromatic rings. The van der Waals surface area contributed by atoms with Crippen molar-refractivity contribution in [3.8, 4) is 0 Å². The summed E-state index contributed by atoms with van der Waals surface area (Å²) in [5, 5.41) is 0.668. The maximum Gasteiger partial charge on any atom is 0.180 e. The largest absolute Gasteiger partial charge is 0.375 e. The lowest BCUT2D eigenvalue weighted by Crippen LogP contribution is -2.18. The minimum atomic E-state index is 0.668. The molecule has 0 radical (unpaired) electrons. The van der Waals surface area contributed by atoms with Crippen molar-refractivity contribution in [2.75, 3.05) is 19.3 Å². The van der Waals surface area contributed by atoms with Crippen LogP contribution >= 0.6 is 11.3 Å². The summed E-state index contributed by atoms with van der Waals surface area (Å²) in [6.45, 7) is 4.36. The molecule has 0 aliphatic heterocycles. The third kappa shape index (κ3) is 4.07. The number of nitrogens with two attached hydrogens (primary N) is 1. The van der Waals surface area contributed by atoms with Gasteiger partial charge in [0.05, 0.1) is 0 Å². The van der Waals surface area contributed by atoms with E-state index in [1.165, 1.54) is 24.1 Å². The average Bonchev–Trinajstić information content (AvgIpc) is 2.52. The zero-order valence-corrected chi connectivity index (χ0v) is 9.81. The Morgan fingerprint density at radius 1 is 1.50 bits per heavy atom. The molecular formula is C10H19N3S. The first kappa shape index (κ1) is 11.5. The van der Waals surface area contributed by atoms with E-state index >= 15 is 0 Å². The molecule has 0 spiro atoms. The van der Waals surface area contributed by atoms with Crippen LogP contribution in [0.3, 0.4) is 0 Å². The Bertz CT molecular complexity index is 260. The lowest BCUT2D eigenvalue weighted by molar-refractivity contribution is 0.320. The van der Waals surface area contributed by atoms with Crippen LogP contribution in [0.25, 0.3) is 0 Å². The normalized spacial score (nSPS) is 11.1. The van der Waals surface area contributed by atoms with Gasteiger partial charge in [-0.3, -0.25) is 0 Å². The standard InChI is InChI=1S/C10H19N3S/c1-3-4-5-6-13(2)8-9-7-12-10(11)14-9/h7H,3-6,8H2,1-2H3,(H2,11,12). The van der Waals surface area contributed by atoms with E-state index in [9.17, 15) is 0 Å². The van der Waals surface area contributed by atoms with Gasteiger partial charge in [-0.05, 0) is 20.0 Å². The molecule has 1 rings (SSSR count). The zero-order chi connectivity index (χ0) is 10.4. The average molecular weight is 213 g/mol. The molecule has 4 heteroatoms. The Morgan fingerprint density at radius 3 is 2.86 bits per heavy atom. The maximum atomic E-state index is 5.56. The molecule has 3 nitrogen and oxygen atoms in total. The second kappa shape index (κ2) is 5.98. The van der Waals surface area contributed by atoms with Crippen molar-refractivity contribution >= 4 is 16.5 Å². The molecule has 0 saturated heterocycles. The summed E-state index contributed by atoms with van der Waals surface area (Å²) in [7, 11) is 2.14. The number of hydrogen-bond acceptors (Lipinski definition) is 4. The van der Waals surface area contributed by atoms with E-state index in [4.69, 9.17) is 5.73 Å². The molecular weight excluding hydrogens is 194 g/mol. The van der Waals surface area contributed by atoms with E-state index in [0.29, 0.717) is 5.13 Å². The number of rotatable bonds is 6. The highest BCUT2D eigenvalue weighted by Crippen LogP contribution is 2.15. The zero-order valence-electron chi connectivity index (χ0n) is 8.99. The molecule has 0 aliphatic rings. The van der Waals surface area contributed by atoms with Crippen molar-refractivity contribution in [1.82, 2.24) is 9.88 Å². The number of anilines is 1. The van der Waals surface area contributed by atoms with Crippen molar-refractivity contribution in [2.45, 2.75) is 32.7 Å². The molecule has 1 heterocycles. The first-order chi connectivity index (χ1) is 6.72. The molecule has 0 aliphatic carbocycles. The smallest absolute Gasteiger partial charge is 0.180 e. The van der Waals surface area contributed by atoms with Crippen molar-refractivity contribution < 1.29 is 0 Å². The highest BCUT2D eigenvalue weighted by Gasteiger charge is 2.02. The summed E-state index contributed by atoms with van der Waals surface area (Å²) in [6.07, 6.45) is 5.74. The Kier molecular flexibility index (Phi) is 4.90. The molecule has 0 atom stereocenters. The van der Waals surface area contributed by atoms with E-state index in [2.05, 4.69) is 23.9 Å². The predicted octanol–water partition coefficient (Wildman–Crippen LogP) is 2.35. The first-order valence-electron chi connectivity index (χ1n) is 5.11. The third-order valence-corrected chi connectivity index (χ3v) is 2.95. The van der Waals surface area contributed by atoms with Gasteiger partial charge in [0.1, 0.15) is 0 Å². The number of thiazole rings is 1. The maximum absolute atomic E-state index is 5.56. The highest BCUT2D eigenvalue weighted by molar-refractivity contribution is 7.15. The van der Waals surface area contributed by atoms with Crippen LogP contribution in [0.15, 0.2) is 6.20 Å². The number of nitrogens with zero attached hydrogens (tertiary/aromatic N) is 2. The van der Waals surface area contributed by atoms with Crippen molar-refractivity contribution in [2.24, 2.45) is 0 Å². The van der Waals surface area contributed by atoms with E-state index in [1.54, 1.807) is 11.3 Å². The van der Waals surface area contributed by atoms with E-state index in [0.717, 1.165) is 13.1 Å². The van der Waals surface area contributed by atoms with Gasteiger partial charge in [0, 0.05) is 17.6 Å². The van der Waals surface area contributed by atoms with Crippen LogP contribution in [-0.2, 0) is 6.54 Å². The van der Waals surface area contributed by atoms with Gasteiger partial charge in [0.2, 0.25) is 0 Å². The number of nitrogen functional groups attached to an aromatic ring is 1. The summed E-state index contributed by atoms with van der Waals surface area (Å²) in [4.78, 5) is 7.61. The summed E-state index contributed by atoms with van der Waals surface area (Å²) < 4.78 is 0. The van der Waals surface area contributed by atoms with Crippen LogP contribution in [0.2, 0.25) is 0 Å².